The molecule has 0 spiro atoms. The van der Waals surface area contributed by atoms with Gasteiger partial charge in [-0.2, -0.15) is 0 Å². The maximum atomic E-state index is 9.82. The zero-order valence-corrected chi connectivity index (χ0v) is 12.0. The summed E-state index contributed by atoms with van der Waals surface area (Å²) in [6, 6.07) is 8.23. The van der Waals surface area contributed by atoms with E-state index in [4.69, 9.17) is 4.74 Å². The molecular weight excluding hydrogens is 238 g/mol. The molecule has 1 aliphatic carbocycles. The van der Waals surface area contributed by atoms with Crippen molar-refractivity contribution >= 4 is 0 Å². The highest BCUT2D eigenvalue weighted by atomic mass is 16.5. The summed E-state index contributed by atoms with van der Waals surface area (Å²) in [5, 5.41) is 9.82. The highest BCUT2D eigenvalue weighted by Crippen LogP contribution is 2.28. The second-order valence-corrected chi connectivity index (χ2v) is 5.63. The molecule has 0 saturated heterocycles. The van der Waals surface area contributed by atoms with Crippen molar-refractivity contribution in [3.8, 4) is 5.75 Å². The molecule has 0 radical (unpaired) electrons. The molecule has 1 aromatic rings. The van der Waals surface area contributed by atoms with Gasteiger partial charge in [-0.05, 0) is 56.5 Å². The first-order valence-corrected chi connectivity index (χ1v) is 7.18. The molecule has 0 bridgehead atoms. The monoisotopic (exact) mass is 263 g/mol. The summed E-state index contributed by atoms with van der Waals surface area (Å²) >= 11 is 0. The van der Waals surface area contributed by atoms with Gasteiger partial charge in [-0.3, -0.25) is 0 Å². The van der Waals surface area contributed by atoms with Crippen LogP contribution in [0.15, 0.2) is 24.3 Å². The number of benzene rings is 1. The summed E-state index contributed by atoms with van der Waals surface area (Å²) < 4.78 is 5.16. The van der Waals surface area contributed by atoms with Crippen LogP contribution < -0.4 is 4.74 Å². The van der Waals surface area contributed by atoms with E-state index in [2.05, 4.69) is 24.1 Å². The van der Waals surface area contributed by atoms with Crippen LogP contribution in [0.3, 0.4) is 0 Å². The van der Waals surface area contributed by atoms with E-state index in [9.17, 15) is 5.11 Å². The topological polar surface area (TPSA) is 32.7 Å². The lowest BCUT2D eigenvalue weighted by molar-refractivity contribution is 0.120. The number of methoxy groups -OCH3 is 1. The van der Waals surface area contributed by atoms with Gasteiger partial charge in [0, 0.05) is 6.54 Å². The molecule has 3 heteroatoms. The van der Waals surface area contributed by atoms with Crippen LogP contribution in [-0.4, -0.2) is 36.8 Å². The summed E-state index contributed by atoms with van der Waals surface area (Å²) in [6.07, 6.45) is 4.42. The number of hydrogen-bond acceptors (Lipinski definition) is 3. The molecule has 1 aliphatic rings. The van der Waals surface area contributed by atoms with Crippen LogP contribution in [0.5, 0.6) is 5.75 Å². The zero-order chi connectivity index (χ0) is 13.7. The van der Waals surface area contributed by atoms with E-state index < -0.39 is 0 Å². The lowest BCUT2D eigenvalue weighted by atomic mass is 10.0. The Hall–Kier alpha value is -1.06. The third-order valence-corrected chi connectivity index (χ3v) is 4.11. The van der Waals surface area contributed by atoms with Crippen molar-refractivity contribution in [3.63, 3.8) is 0 Å². The summed E-state index contributed by atoms with van der Waals surface area (Å²) in [7, 11) is 3.83. The number of hydrogen-bond donors (Lipinski definition) is 1. The van der Waals surface area contributed by atoms with E-state index in [-0.39, 0.29) is 6.10 Å². The number of rotatable bonds is 6. The molecule has 3 nitrogen and oxygen atoms in total. The molecule has 0 amide bonds. The third-order valence-electron chi connectivity index (χ3n) is 4.11. The fourth-order valence-corrected chi connectivity index (χ4v) is 2.86. The number of aliphatic hydroxyl groups is 1. The van der Waals surface area contributed by atoms with E-state index in [1.54, 1.807) is 7.11 Å². The maximum absolute atomic E-state index is 9.82. The molecule has 1 aromatic carbocycles. The Kier molecular flexibility index (Phi) is 5.23. The average Bonchev–Trinajstić information content (AvgIpc) is 2.83. The highest BCUT2D eigenvalue weighted by Gasteiger charge is 2.24. The maximum Gasteiger partial charge on any atom is 0.118 e. The zero-order valence-electron chi connectivity index (χ0n) is 12.0. The van der Waals surface area contributed by atoms with Gasteiger partial charge in [0.15, 0.2) is 0 Å². The lowest BCUT2D eigenvalue weighted by Crippen LogP contribution is -2.24. The summed E-state index contributed by atoms with van der Waals surface area (Å²) in [5.41, 5.74) is 1.30. The number of nitrogens with zero attached hydrogens (tertiary/aromatic N) is 1. The van der Waals surface area contributed by atoms with Gasteiger partial charge in [0.2, 0.25) is 0 Å². The summed E-state index contributed by atoms with van der Waals surface area (Å²) in [4.78, 5) is 2.33. The van der Waals surface area contributed by atoms with Crippen molar-refractivity contribution in [1.29, 1.82) is 0 Å². The van der Waals surface area contributed by atoms with Gasteiger partial charge in [0.25, 0.3) is 0 Å². The van der Waals surface area contributed by atoms with Crippen LogP contribution >= 0.6 is 0 Å². The number of aliphatic hydroxyl groups excluding tert-OH is 1. The largest absolute Gasteiger partial charge is 0.497 e. The molecule has 1 fully saturated rings. The van der Waals surface area contributed by atoms with Crippen LogP contribution in [0.2, 0.25) is 0 Å². The predicted octanol–water partition coefficient (Wildman–Crippen LogP) is 2.68. The molecule has 2 unspecified atom stereocenters. The number of ether oxygens (including phenoxy) is 1. The van der Waals surface area contributed by atoms with Crippen LogP contribution in [0, 0.1) is 5.92 Å². The molecule has 2 rings (SSSR count). The van der Waals surface area contributed by atoms with Gasteiger partial charge in [-0.25, -0.2) is 0 Å². The van der Waals surface area contributed by atoms with Gasteiger partial charge < -0.3 is 14.7 Å². The molecule has 2 atom stereocenters. The second kappa shape index (κ2) is 6.92. The first-order chi connectivity index (χ1) is 9.19. The molecule has 19 heavy (non-hydrogen) atoms. The van der Waals surface area contributed by atoms with Gasteiger partial charge in [-0.15, -0.1) is 0 Å². The van der Waals surface area contributed by atoms with E-state index in [0.29, 0.717) is 5.92 Å². The SMILES string of the molecule is COc1ccc(CN(C)CCC2CCCC2O)cc1. The fourth-order valence-electron chi connectivity index (χ4n) is 2.86. The van der Waals surface area contributed by atoms with Gasteiger partial charge in [-0.1, -0.05) is 18.6 Å². The summed E-state index contributed by atoms with van der Waals surface area (Å²) in [5.74, 6) is 1.42. The molecule has 0 aromatic heterocycles. The minimum Gasteiger partial charge on any atom is -0.497 e. The van der Waals surface area contributed by atoms with Gasteiger partial charge in [0.05, 0.1) is 13.2 Å². The first-order valence-electron chi connectivity index (χ1n) is 7.18. The van der Waals surface area contributed by atoms with Crippen LogP contribution in [0.4, 0.5) is 0 Å². The van der Waals surface area contributed by atoms with Gasteiger partial charge >= 0.3 is 0 Å². The molecule has 0 aliphatic heterocycles. The lowest BCUT2D eigenvalue weighted by Gasteiger charge is -2.20. The van der Waals surface area contributed by atoms with Crippen molar-refractivity contribution in [1.82, 2.24) is 4.90 Å². The fraction of sp³-hybridized carbons (Fsp3) is 0.625. The minimum absolute atomic E-state index is 0.0608. The van der Waals surface area contributed by atoms with Crippen molar-refractivity contribution < 1.29 is 9.84 Å². The quantitative estimate of drug-likeness (QED) is 0.856. The molecular formula is C16H25NO2. The standard InChI is InChI=1S/C16H25NO2/c1-17(11-10-14-4-3-5-16(14)18)12-13-6-8-15(19-2)9-7-13/h6-9,14,16,18H,3-5,10-12H2,1-2H3. The Morgan fingerprint density at radius 2 is 2.00 bits per heavy atom. The Morgan fingerprint density at radius 1 is 1.26 bits per heavy atom. The molecule has 0 heterocycles. The normalized spacial score (nSPS) is 22.9. The third kappa shape index (κ3) is 4.22. The molecule has 106 valence electrons. The highest BCUT2D eigenvalue weighted by molar-refractivity contribution is 5.26. The van der Waals surface area contributed by atoms with Crippen molar-refractivity contribution in [2.24, 2.45) is 5.92 Å². The smallest absolute Gasteiger partial charge is 0.118 e. The Bertz CT molecular complexity index is 377. The van der Waals surface area contributed by atoms with Crippen molar-refractivity contribution in [2.75, 3.05) is 20.7 Å². The molecule has 1 N–H and O–H groups in total. The van der Waals surface area contributed by atoms with E-state index in [0.717, 1.165) is 31.7 Å². The van der Waals surface area contributed by atoms with E-state index >= 15 is 0 Å². The average molecular weight is 263 g/mol. The molecule has 1 saturated carbocycles. The Labute approximate surface area is 116 Å². The predicted molar refractivity (Wildman–Crippen MR) is 77.3 cm³/mol. The van der Waals surface area contributed by atoms with Crippen LogP contribution in [-0.2, 0) is 6.54 Å². The second-order valence-electron chi connectivity index (χ2n) is 5.63. The van der Waals surface area contributed by atoms with Crippen LogP contribution in [0.1, 0.15) is 31.2 Å². The Balaban J connectivity index is 1.75. The van der Waals surface area contributed by atoms with Crippen molar-refractivity contribution in [3.05, 3.63) is 29.8 Å². The van der Waals surface area contributed by atoms with Crippen LogP contribution in [0.25, 0.3) is 0 Å². The first kappa shape index (κ1) is 14.4. The summed E-state index contributed by atoms with van der Waals surface area (Å²) in [6.45, 7) is 2.00. The van der Waals surface area contributed by atoms with Gasteiger partial charge in [0.1, 0.15) is 5.75 Å². The van der Waals surface area contributed by atoms with E-state index in [1.807, 2.05) is 12.1 Å². The Morgan fingerprint density at radius 3 is 2.58 bits per heavy atom. The van der Waals surface area contributed by atoms with Crippen molar-refractivity contribution in [2.45, 2.75) is 38.3 Å². The minimum atomic E-state index is -0.0608. The van der Waals surface area contributed by atoms with E-state index in [1.165, 1.54) is 18.4 Å².